The molecule has 0 heterocycles. The minimum absolute atomic E-state index is 0. The molecule has 518 valence electrons. The van der Waals surface area contributed by atoms with Gasteiger partial charge in [-0.15, -0.1) is 0 Å². The van der Waals surface area contributed by atoms with Crippen LogP contribution >= 0.6 is 35.4 Å². The van der Waals surface area contributed by atoms with Gasteiger partial charge in [0.25, 0.3) is 0 Å². The number of hydrogen-bond donors (Lipinski definition) is 0. The van der Waals surface area contributed by atoms with Crippen LogP contribution in [0.5, 0.6) is 0 Å². The summed E-state index contributed by atoms with van der Waals surface area (Å²) in [5, 5.41) is 13.1. The van der Waals surface area contributed by atoms with Crippen molar-refractivity contribution in [3.8, 4) is 0 Å². The van der Waals surface area contributed by atoms with Crippen LogP contribution in [0, 0.1) is 0 Å². The van der Waals surface area contributed by atoms with Crippen molar-refractivity contribution in [3.63, 3.8) is 0 Å². The van der Waals surface area contributed by atoms with E-state index in [1.165, 1.54) is 271 Å². The normalized spacial score (nSPS) is 10.9. The first-order valence-electron chi connectivity index (χ1n) is 37.3. The van der Waals surface area contributed by atoms with Gasteiger partial charge in [0.1, 0.15) is 0 Å². The Kier molecular flexibility index (Phi) is 42.0. The summed E-state index contributed by atoms with van der Waals surface area (Å²) in [4.78, 5) is 8.45. The van der Waals surface area contributed by atoms with Crippen LogP contribution in [0.1, 0.15) is 228 Å². The van der Waals surface area contributed by atoms with Crippen LogP contribution in [0.2, 0.25) is 0 Å². The molecule has 1 nitrogen and oxygen atoms in total. The molecule has 9 aromatic rings. The van der Waals surface area contributed by atoms with E-state index in [2.05, 4.69) is 292 Å². The van der Waals surface area contributed by atoms with Gasteiger partial charge in [-0.3, -0.25) is 0 Å². The van der Waals surface area contributed by atoms with Crippen LogP contribution in [-0.4, -0.2) is 5.75 Å². The van der Waals surface area contributed by atoms with Crippen molar-refractivity contribution in [2.45, 2.75) is 236 Å². The van der Waals surface area contributed by atoms with Crippen molar-refractivity contribution in [2.75, 3.05) is 0 Å². The third kappa shape index (κ3) is 29.2. The molecular weight excluding hydrogens is 1340 g/mol. The molecule has 0 saturated heterocycles. The van der Waals surface area contributed by atoms with Gasteiger partial charge >= 0.3 is 19.5 Å². The van der Waals surface area contributed by atoms with Crippen molar-refractivity contribution in [3.05, 3.63) is 268 Å². The van der Waals surface area contributed by atoms with Crippen molar-refractivity contribution in [1.82, 2.24) is 0 Å². The summed E-state index contributed by atoms with van der Waals surface area (Å²) >= 11 is 4.19. The third-order valence-electron chi connectivity index (χ3n) is 18.1. The standard InChI is InChI=1S/3C30H39P.CClO.Ru.H/c3*1-4-7-10-25-13-19-28(20-14-25)31(29-21-15-26(16-22-29)11-8-5-2)30-23-17-27(18-24-30)12-9-6-3;2-1-3;;/h3*13-24H,4-12H2,1-3H3;;;/q;;;-1;+1;. The van der Waals surface area contributed by atoms with E-state index in [0.717, 1.165) is 5.75 Å². The van der Waals surface area contributed by atoms with Crippen LogP contribution in [0.4, 0.5) is 0 Å². The molecule has 0 amide bonds. The number of benzene rings is 9. The van der Waals surface area contributed by atoms with Crippen molar-refractivity contribution < 1.29 is 24.3 Å². The van der Waals surface area contributed by atoms with Crippen molar-refractivity contribution in [1.29, 1.82) is 0 Å². The zero-order chi connectivity index (χ0) is 68.4. The molecule has 0 saturated carbocycles. The van der Waals surface area contributed by atoms with Gasteiger partial charge in [0.15, 0.2) is 0 Å². The van der Waals surface area contributed by atoms with E-state index >= 15 is 0 Å². The number of aryl methyl sites for hydroxylation is 9. The van der Waals surface area contributed by atoms with E-state index in [4.69, 9.17) is 4.79 Å². The Morgan fingerprint density at radius 2 is 0.289 bits per heavy atom. The van der Waals surface area contributed by atoms with Crippen LogP contribution in [-0.2, 0) is 82.1 Å². The minimum atomic E-state index is -0.522. The van der Waals surface area contributed by atoms with E-state index in [9.17, 15) is 0 Å². The molecule has 0 spiro atoms. The van der Waals surface area contributed by atoms with Crippen LogP contribution in [0.3, 0.4) is 0 Å². The van der Waals surface area contributed by atoms with E-state index in [0.29, 0.717) is 0 Å². The molecule has 0 bridgehead atoms. The van der Waals surface area contributed by atoms with Crippen molar-refractivity contribution in [2.24, 2.45) is 0 Å². The number of unbranched alkanes of at least 4 members (excludes halogenated alkanes) is 9. The quantitative estimate of drug-likeness (QED) is 0.0166. The number of hydrogen-bond acceptors (Lipinski definition) is 1. The summed E-state index contributed by atoms with van der Waals surface area (Å²) in [7, 11) is -1.57. The fourth-order valence-corrected chi connectivity index (χ4v) is 18.8. The number of halogens is 1. The molecule has 9 aromatic carbocycles. The molecule has 97 heavy (non-hydrogen) atoms. The van der Waals surface area contributed by atoms with Gasteiger partial charge in [0.05, 0.1) is 0 Å². The fourth-order valence-electron chi connectivity index (χ4n) is 12.1. The predicted molar refractivity (Wildman–Crippen MR) is 436 cm³/mol. The van der Waals surface area contributed by atoms with Gasteiger partial charge in [-0.05, 0) is 237 Å². The third-order valence-corrected chi connectivity index (χ3v) is 25.5. The van der Waals surface area contributed by atoms with E-state index in [1.807, 2.05) is 0 Å². The van der Waals surface area contributed by atoms with Crippen LogP contribution in [0.25, 0.3) is 0 Å². The van der Waals surface area contributed by atoms with E-state index in [1.54, 1.807) is 0 Å². The summed E-state index contributed by atoms with van der Waals surface area (Å²) in [6, 6.07) is 85.2. The summed E-state index contributed by atoms with van der Waals surface area (Å²) < 4.78 is 0. The maximum absolute atomic E-state index is 8.45. The molecule has 0 fully saturated rings. The molecule has 6 heteroatoms. The zero-order valence-electron chi connectivity index (χ0n) is 60.9. The molecule has 0 atom stereocenters. The van der Waals surface area contributed by atoms with Crippen LogP contribution in [0.15, 0.2) is 218 Å². The second kappa shape index (κ2) is 49.4. The first-order chi connectivity index (χ1) is 47.1. The first kappa shape index (κ1) is 82.5. The Labute approximate surface area is 612 Å². The van der Waals surface area contributed by atoms with Gasteiger partial charge in [0, 0.05) is 0 Å². The van der Waals surface area contributed by atoms with Gasteiger partial charge < -0.3 is 16.4 Å². The second-order valence-electron chi connectivity index (χ2n) is 26.0. The molecule has 0 aliphatic rings. The van der Waals surface area contributed by atoms with Crippen molar-refractivity contribution >= 4 is 88.9 Å². The Hall–Kier alpha value is -5.15. The van der Waals surface area contributed by atoms with Gasteiger partial charge in [-0.25, -0.2) is 0 Å². The Balaban J connectivity index is 0.000000256. The molecule has 9 rings (SSSR count). The molecule has 1 radical (unpaired) electrons. The predicted octanol–water partition coefficient (Wildman–Crippen LogP) is 22.4. The molecule has 0 unspecified atom stereocenters. The second-order valence-corrected chi connectivity index (χ2v) is 32.8. The van der Waals surface area contributed by atoms with Gasteiger partial charge in [-0.2, -0.15) is 5.75 Å². The van der Waals surface area contributed by atoms with E-state index < -0.39 is 23.8 Å². The monoisotopic (exact) mass is 1460 g/mol. The molecule has 0 aliphatic heterocycles. The zero-order valence-corrected chi connectivity index (χ0v) is 66.2. The average molecular weight is 1460 g/mol. The average Bonchev–Trinajstić information content (AvgIpc) is 0.854. The summed E-state index contributed by atoms with van der Waals surface area (Å²) in [5.41, 5.74) is 13.2. The Morgan fingerprint density at radius 3 is 0.361 bits per heavy atom. The Morgan fingerprint density at radius 1 is 0.206 bits per heavy atom. The first-order valence-corrected chi connectivity index (χ1v) is 41.7. The molecule has 0 aliphatic carbocycles. The topological polar surface area (TPSA) is 17.1 Å². The molecule has 0 aromatic heterocycles. The SMILES string of the molecule is CCCCc1ccc(P(c2ccc(CCCC)cc2)c2ccc(CCCC)cc2)cc1.CCCCc1ccc(P(c2ccc(CCCC)cc2)c2ccc(CCCC)cc2)cc1.CCCCc1ccc(P(c2ccc(CCCC)cc2)c2ccc(CCCC)cc2)cc1.O=[C-]Cl.[RuH+]. The van der Waals surface area contributed by atoms with Gasteiger partial charge in [0.2, 0.25) is 0 Å². The summed E-state index contributed by atoms with van der Waals surface area (Å²) in [5.74, 6) is 0.972. The number of carbonyl (C=O) groups excluding carboxylic acids is 1. The maximum atomic E-state index is 8.45. The fraction of sp³-hybridized carbons (Fsp3) is 0.396. The van der Waals surface area contributed by atoms with Crippen LogP contribution < -0.4 is 47.7 Å². The van der Waals surface area contributed by atoms with Gasteiger partial charge in [-0.1, -0.05) is 338 Å². The Bertz CT molecular complexity index is 2700. The van der Waals surface area contributed by atoms with E-state index in [-0.39, 0.29) is 19.5 Å². The molecule has 0 N–H and O–H groups in total. The summed E-state index contributed by atoms with van der Waals surface area (Å²) in [6.45, 7) is 20.4. The summed E-state index contributed by atoms with van der Waals surface area (Å²) in [6.07, 6.45) is 33.4. The number of rotatable bonds is 36. The molecular formula is C91H118ClOP3Ru.